The van der Waals surface area contributed by atoms with E-state index in [4.69, 9.17) is 4.74 Å². The van der Waals surface area contributed by atoms with E-state index in [1.165, 1.54) is 0 Å². The molecule has 0 saturated carbocycles. The molecule has 3 rings (SSSR count). The van der Waals surface area contributed by atoms with E-state index in [1.807, 2.05) is 24.3 Å². The largest absolute Gasteiger partial charge is 0.491 e. The molecule has 98 valence electrons. The number of aromatic nitrogens is 1. The van der Waals surface area contributed by atoms with Gasteiger partial charge in [0.15, 0.2) is 0 Å². The lowest BCUT2D eigenvalue weighted by molar-refractivity contribution is 0.281. The summed E-state index contributed by atoms with van der Waals surface area (Å²) in [7, 11) is 0. The number of anilines is 1. The Morgan fingerprint density at radius 1 is 1.26 bits per heavy atom. The molecule has 4 heteroatoms. The summed E-state index contributed by atoms with van der Waals surface area (Å²) in [6.45, 7) is 2.22. The summed E-state index contributed by atoms with van der Waals surface area (Å²) >= 11 is 0. The average Bonchev–Trinajstić information content (AvgIpc) is 2.69. The third-order valence-corrected chi connectivity index (χ3v) is 3.35. The summed E-state index contributed by atoms with van der Waals surface area (Å²) < 4.78 is 5.75. The maximum Gasteiger partial charge on any atom is 0.124 e. The van der Waals surface area contributed by atoms with Gasteiger partial charge in [0.2, 0.25) is 0 Å². The first-order chi connectivity index (χ1) is 9.38. The third-order valence-electron chi connectivity index (χ3n) is 3.35. The Morgan fingerprint density at radius 3 is 3.05 bits per heavy atom. The first-order valence-electron chi connectivity index (χ1n) is 6.38. The minimum atomic E-state index is 0.0247. The SMILES string of the molecule is OCc1ccncc1N1CCOc2ccccc2C1. The van der Waals surface area contributed by atoms with Crippen molar-refractivity contribution in [1.82, 2.24) is 4.98 Å². The molecule has 1 aromatic heterocycles. The number of pyridine rings is 1. The number of para-hydroxylation sites is 1. The van der Waals surface area contributed by atoms with E-state index in [-0.39, 0.29) is 6.61 Å². The van der Waals surface area contributed by atoms with Gasteiger partial charge in [0.25, 0.3) is 0 Å². The van der Waals surface area contributed by atoms with Crippen molar-refractivity contribution in [2.45, 2.75) is 13.2 Å². The van der Waals surface area contributed by atoms with Gasteiger partial charge in [0, 0.05) is 23.9 Å². The minimum absolute atomic E-state index is 0.0247. The van der Waals surface area contributed by atoms with Crippen LogP contribution in [0.5, 0.6) is 5.75 Å². The van der Waals surface area contributed by atoms with Crippen LogP contribution in [0.25, 0.3) is 0 Å². The van der Waals surface area contributed by atoms with Crippen LogP contribution >= 0.6 is 0 Å². The van der Waals surface area contributed by atoms with Gasteiger partial charge in [-0.05, 0) is 12.1 Å². The van der Waals surface area contributed by atoms with Crippen LogP contribution in [0.1, 0.15) is 11.1 Å². The molecule has 1 N–H and O–H groups in total. The lowest BCUT2D eigenvalue weighted by Crippen LogP contribution is -2.26. The second-order valence-corrected chi connectivity index (χ2v) is 4.54. The molecule has 1 aliphatic rings. The van der Waals surface area contributed by atoms with Gasteiger partial charge < -0.3 is 14.7 Å². The molecule has 19 heavy (non-hydrogen) atoms. The summed E-state index contributed by atoms with van der Waals surface area (Å²) in [6, 6.07) is 9.92. The number of aliphatic hydroxyl groups is 1. The molecule has 0 saturated heterocycles. The highest BCUT2D eigenvalue weighted by Crippen LogP contribution is 2.27. The van der Waals surface area contributed by atoms with Crippen molar-refractivity contribution in [3.8, 4) is 5.75 Å². The Hall–Kier alpha value is -2.07. The van der Waals surface area contributed by atoms with E-state index in [9.17, 15) is 5.11 Å². The number of rotatable bonds is 2. The van der Waals surface area contributed by atoms with Crippen LogP contribution in [-0.2, 0) is 13.2 Å². The van der Waals surface area contributed by atoms with Gasteiger partial charge in [-0.25, -0.2) is 0 Å². The van der Waals surface area contributed by atoms with Gasteiger partial charge in [-0.2, -0.15) is 0 Å². The van der Waals surface area contributed by atoms with Crippen LogP contribution in [0.3, 0.4) is 0 Å². The molecule has 0 spiro atoms. The number of fused-ring (bicyclic) bond motifs is 1. The van der Waals surface area contributed by atoms with E-state index in [2.05, 4.69) is 16.0 Å². The summed E-state index contributed by atoms with van der Waals surface area (Å²) in [6.07, 6.45) is 3.51. The van der Waals surface area contributed by atoms with E-state index in [0.717, 1.165) is 35.7 Å². The van der Waals surface area contributed by atoms with Crippen LogP contribution in [-0.4, -0.2) is 23.2 Å². The lowest BCUT2D eigenvalue weighted by Gasteiger charge is -2.23. The third kappa shape index (κ3) is 2.39. The molecule has 0 fully saturated rings. The van der Waals surface area contributed by atoms with Crippen LogP contribution in [0.15, 0.2) is 42.7 Å². The minimum Gasteiger partial charge on any atom is -0.491 e. The molecular weight excluding hydrogens is 240 g/mol. The van der Waals surface area contributed by atoms with Gasteiger partial charge in [-0.15, -0.1) is 0 Å². The zero-order valence-corrected chi connectivity index (χ0v) is 10.6. The standard InChI is InChI=1S/C15H16N2O2/c18-11-13-5-6-16-9-14(13)17-7-8-19-15-4-2-1-3-12(15)10-17/h1-6,9,18H,7-8,10-11H2. The van der Waals surface area contributed by atoms with Gasteiger partial charge >= 0.3 is 0 Å². The van der Waals surface area contributed by atoms with Crippen LogP contribution in [0, 0.1) is 0 Å². The summed E-state index contributed by atoms with van der Waals surface area (Å²) in [5, 5.41) is 9.43. The van der Waals surface area contributed by atoms with Crippen LogP contribution < -0.4 is 9.64 Å². The fraction of sp³-hybridized carbons (Fsp3) is 0.267. The Bertz CT molecular complexity index is 572. The Kier molecular flexibility index (Phi) is 3.33. The normalized spacial score (nSPS) is 14.5. The maximum atomic E-state index is 9.43. The molecule has 0 bridgehead atoms. The summed E-state index contributed by atoms with van der Waals surface area (Å²) in [5.41, 5.74) is 3.03. The lowest BCUT2D eigenvalue weighted by atomic mass is 10.1. The zero-order chi connectivity index (χ0) is 13.1. The molecule has 0 aliphatic carbocycles. The van der Waals surface area contributed by atoms with Crippen molar-refractivity contribution in [2.24, 2.45) is 0 Å². The van der Waals surface area contributed by atoms with Crippen LogP contribution in [0.2, 0.25) is 0 Å². The first kappa shape index (κ1) is 12.0. The molecule has 2 aromatic rings. The Morgan fingerprint density at radius 2 is 2.16 bits per heavy atom. The molecular formula is C15H16N2O2. The molecule has 1 aliphatic heterocycles. The highest BCUT2D eigenvalue weighted by molar-refractivity contribution is 5.53. The Balaban J connectivity index is 1.94. The van der Waals surface area contributed by atoms with E-state index in [1.54, 1.807) is 12.4 Å². The highest BCUT2D eigenvalue weighted by Gasteiger charge is 2.17. The van der Waals surface area contributed by atoms with Gasteiger partial charge in [0.1, 0.15) is 12.4 Å². The van der Waals surface area contributed by atoms with Gasteiger partial charge in [0.05, 0.1) is 25.0 Å². The number of nitrogens with zero attached hydrogens (tertiary/aromatic N) is 2. The number of hydrogen-bond acceptors (Lipinski definition) is 4. The first-order valence-corrected chi connectivity index (χ1v) is 6.38. The summed E-state index contributed by atoms with van der Waals surface area (Å²) in [4.78, 5) is 6.36. The molecule has 4 nitrogen and oxygen atoms in total. The Labute approximate surface area is 112 Å². The maximum absolute atomic E-state index is 9.43. The molecule has 0 amide bonds. The van der Waals surface area contributed by atoms with E-state index >= 15 is 0 Å². The number of hydrogen-bond donors (Lipinski definition) is 1. The quantitative estimate of drug-likeness (QED) is 0.892. The average molecular weight is 256 g/mol. The topological polar surface area (TPSA) is 45.6 Å². The fourth-order valence-corrected chi connectivity index (χ4v) is 2.36. The molecule has 0 radical (unpaired) electrons. The van der Waals surface area contributed by atoms with E-state index < -0.39 is 0 Å². The van der Waals surface area contributed by atoms with Crippen molar-refractivity contribution >= 4 is 5.69 Å². The van der Waals surface area contributed by atoms with Crippen LogP contribution in [0.4, 0.5) is 5.69 Å². The molecule has 0 unspecified atom stereocenters. The predicted octanol–water partition coefficient (Wildman–Crippen LogP) is 1.97. The fourth-order valence-electron chi connectivity index (χ4n) is 2.36. The summed E-state index contributed by atoms with van der Waals surface area (Å²) in [5.74, 6) is 0.944. The molecule has 2 heterocycles. The zero-order valence-electron chi connectivity index (χ0n) is 10.6. The number of aliphatic hydroxyl groups excluding tert-OH is 1. The number of ether oxygens (including phenoxy) is 1. The van der Waals surface area contributed by atoms with Gasteiger partial charge in [-0.1, -0.05) is 18.2 Å². The second-order valence-electron chi connectivity index (χ2n) is 4.54. The number of benzene rings is 1. The van der Waals surface area contributed by atoms with Crippen molar-refractivity contribution in [3.05, 3.63) is 53.9 Å². The van der Waals surface area contributed by atoms with Crippen molar-refractivity contribution in [1.29, 1.82) is 0 Å². The van der Waals surface area contributed by atoms with Crippen molar-refractivity contribution in [3.63, 3.8) is 0 Å². The van der Waals surface area contributed by atoms with Gasteiger partial charge in [-0.3, -0.25) is 4.98 Å². The smallest absolute Gasteiger partial charge is 0.124 e. The molecule has 0 atom stereocenters. The van der Waals surface area contributed by atoms with Crippen molar-refractivity contribution in [2.75, 3.05) is 18.1 Å². The van der Waals surface area contributed by atoms with E-state index in [0.29, 0.717) is 6.61 Å². The molecule has 1 aromatic carbocycles. The second kappa shape index (κ2) is 5.28. The predicted molar refractivity (Wildman–Crippen MR) is 73.1 cm³/mol. The van der Waals surface area contributed by atoms with Crippen molar-refractivity contribution < 1.29 is 9.84 Å². The highest BCUT2D eigenvalue weighted by atomic mass is 16.5. The monoisotopic (exact) mass is 256 g/mol.